The number of likely N-dealkylation sites (N-methyl/N-ethyl adjacent to an activating group) is 1. The summed E-state index contributed by atoms with van der Waals surface area (Å²) in [5.74, 6) is -1.12. The predicted molar refractivity (Wildman–Crippen MR) is 92.0 cm³/mol. The van der Waals surface area contributed by atoms with Crippen molar-refractivity contribution >= 4 is 17.5 Å². The van der Waals surface area contributed by atoms with Crippen LogP contribution in [0.5, 0.6) is 0 Å². The van der Waals surface area contributed by atoms with Crippen molar-refractivity contribution in [1.82, 2.24) is 4.90 Å². The number of halogens is 1. The van der Waals surface area contributed by atoms with Crippen molar-refractivity contribution in [2.45, 2.75) is 20.4 Å². The molecule has 2 rings (SSSR count). The van der Waals surface area contributed by atoms with Crippen LogP contribution in [0.2, 0.25) is 0 Å². The minimum Gasteiger partial charge on any atom is -0.337 e. The summed E-state index contributed by atoms with van der Waals surface area (Å²) >= 11 is 0. The van der Waals surface area contributed by atoms with Gasteiger partial charge < -0.3 is 9.80 Å². The number of rotatable bonds is 6. The molecule has 0 atom stereocenters. The fraction of sp³-hybridized carbons (Fsp3) is 0.263. The second-order valence-electron chi connectivity index (χ2n) is 5.45. The number of para-hydroxylation sites is 1. The summed E-state index contributed by atoms with van der Waals surface area (Å²) in [7, 11) is 0. The molecule has 0 radical (unpaired) electrons. The number of carbonyl (C=O) groups is 2. The first-order valence-electron chi connectivity index (χ1n) is 7.87. The molecule has 2 aromatic carbocycles. The number of carbonyl (C=O) groups excluding carboxylic acids is 2. The van der Waals surface area contributed by atoms with Crippen molar-refractivity contribution in [2.75, 3.05) is 18.0 Å². The van der Waals surface area contributed by atoms with Gasteiger partial charge in [0, 0.05) is 20.0 Å². The topological polar surface area (TPSA) is 40.6 Å². The Kier molecular flexibility index (Phi) is 6.07. The van der Waals surface area contributed by atoms with E-state index in [1.54, 1.807) is 17.0 Å². The third-order valence-electron chi connectivity index (χ3n) is 3.77. The summed E-state index contributed by atoms with van der Waals surface area (Å²) in [5.41, 5.74) is 1.13. The van der Waals surface area contributed by atoms with Gasteiger partial charge in [0.05, 0.1) is 5.69 Å². The molecule has 126 valence electrons. The number of nitrogens with zero attached hydrogens (tertiary/aromatic N) is 2. The van der Waals surface area contributed by atoms with Crippen LogP contribution in [0, 0.1) is 5.82 Å². The maximum atomic E-state index is 14.0. The smallest absolute Gasteiger partial charge is 0.242 e. The van der Waals surface area contributed by atoms with Crippen LogP contribution in [0.15, 0.2) is 54.6 Å². The van der Waals surface area contributed by atoms with Crippen LogP contribution < -0.4 is 4.90 Å². The highest BCUT2D eigenvalue weighted by atomic mass is 19.1. The van der Waals surface area contributed by atoms with E-state index in [1.165, 1.54) is 24.0 Å². The highest BCUT2D eigenvalue weighted by Gasteiger charge is 2.21. The van der Waals surface area contributed by atoms with Crippen LogP contribution >= 0.6 is 0 Å². The maximum absolute atomic E-state index is 14.0. The third kappa shape index (κ3) is 4.41. The first-order chi connectivity index (χ1) is 11.5. The lowest BCUT2D eigenvalue weighted by atomic mass is 10.2. The molecule has 0 saturated carbocycles. The van der Waals surface area contributed by atoms with Gasteiger partial charge in [0.15, 0.2) is 0 Å². The number of hydrogen-bond donors (Lipinski definition) is 0. The molecule has 0 aliphatic carbocycles. The van der Waals surface area contributed by atoms with E-state index < -0.39 is 5.82 Å². The van der Waals surface area contributed by atoms with Crippen molar-refractivity contribution < 1.29 is 14.0 Å². The van der Waals surface area contributed by atoms with E-state index in [4.69, 9.17) is 0 Å². The van der Waals surface area contributed by atoms with E-state index in [2.05, 4.69) is 0 Å². The largest absolute Gasteiger partial charge is 0.337 e. The lowest BCUT2D eigenvalue weighted by Gasteiger charge is -2.26. The molecule has 0 aliphatic heterocycles. The van der Waals surface area contributed by atoms with Crippen LogP contribution in [-0.4, -0.2) is 29.8 Å². The summed E-state index contributed by atoms with van der Waals surface area (Å²) in [6.07, 6.45) is 0. The van der Waals surface area contributed by atoms with Gasteiger partial charge in [-0.05, 0) is 24.6 Å². The minimum absolute atomic E-state index is 0.120. The van der Waals surface area contributed by atoms with Gasteiger partial charge in [-0.1, -0.05) is 42.5 Å². The molecule has 0 saturated heterocycles. The second-order valence-corrected chi connectivity index (χ2v) is 5.45. The molecule has 0 fully saturated rings. The molecular weight excluding hydrogens is 307 g/mol. The lowest BCUT2D eigenvalue weighted by Crippen LogP contribution is -2.42. The van der Waals surface area contributed by atoms with Crippen molar-refractivity contribution in [3.8, 4) is 0 Å². The van der Waals surface area contributed by atoms with Crippen LogP contribution in [0.25, 0.3) is 0 Å². The SMILES string of the molecule is CCN(Cc1ccccc1)C(=O)CN(C(C)=O)c1ccccc1F. The van der Waals surface area contributed by atoms with E-state index >= 15 is 0 Å². The molecule has 0 aliphatic rings. The number of benzene rings is 2. The van der Waals surface area contributed by atoms with Crippen LogP contribution in [0.3, 0.4) is 0 Å². The molecule has 5 heteroatoms. The molecule has 0 unspecified atom stereocenters. The molecule has 0 bridgehead atoms. The molecule has 2 aromatic rings. The maximum Gasteiger partial charge on any atom is 0.242 e. The molecule has 24 heavy (non-hydrogen) atoms. The summed E-state index contributed by atoms with van der Waals surface area (Å²) < 4.78 is 14.0. The normalized spacial score (nSPS) is 10.3. The average Bonchev–Trinajstić information content (AvgIpc) is 2.59. The van der Waals surface area contributed by atoms with Crippen LogP contribution in [-0.2, 0) is 16.1 Å². The van der Waals surface area contributed by atoms with Crippen molar-refractivity contribution in [3.05, 3.63) is 66.0 Å². The minimum atomic E-state index is -0.522. The predicted octanol–water partition coefficient (Wildman–Crippen LogP) is 3.23. The van der Waals surface area contributed by atoms with Crippen molar-refractivity contribution in [1.29, 1.82) is 0 Å². The van der Waals surface area contributed by atoms with Gasteiger partial charge in [-0.3, -0.25) is 9.59 Å². The van der Waals surface area contributed by atoms with Gasteiger partial charge in [-0.25, -0.2) is 4.39 Å². The fourth-order valence-electron chi connectivity index (χ4n) is 2.45. The molecule has 4 nitrogen and oxygen atoms in total. The standard InChI is InChI=1S/C19H21FN2O2/c1-3-21(13-16-9-5-4-6-10-16)19(24)14-22(15(2)23)18-12-8-7-11-17(18)20/h4-12H,3,13-14H2,1-2H3. The van der Waals surface area contributed by atoms with Crippen LogP contribution in [0.1, 0.15) is 19.4 Å². The van der Waals surface area contributed by atoms with Gasteiger partial charge >= 0.3 is 0 Å². The lowest BCUT2D eigenvalue weighted by molar-refractivity contribution is -0.131. The van der Waals surface area contributed by atoms with Gasteiger partial charge in [-0.2, -0.15) is 0 Å². The zero-order valence-electron chi connectivity index (χ0n) is 13.9. The van der Waals surface area contributed by atoms with Crippen molar-refractivity contribution in [2.24, 2.45) is 0 Å². The monoisotopic (exact) mass is 328 g/mol. The number of anilines is 1. The molecule has 2 amide bonds. The van der Waals surface area contributed by atoms with Gasteiger partial charge in [0.2, 0.25) is 11.8 Å². The zero-order chi connectivity index (χ0) is 17.5. The van der Waals surface area contributed by atoms with Crippen molar-refractivity contribution in [3.63, 3.8) is 0 Å². The average molecular weight is 328 g/mol. The Hall–Kier alpha value is -2.69. The first kappa shape index (κ1) is 17.7. The molecule has 0 aromatic heterocycles. The Balaban J connectivity index is 2.14. The van der Waals surface area contributed by atoms with E-state index in [0.29, 0.717) is 13.1 Å². The number of hydrogen-bond acceptors (Lipinski definition) is 2. The molecule has 0 N–H and O–H groups in total. The number of amides is 2. The quantitative estimate of drug-likeness (QED) is 0.817. The fourth-order valence-corrected chi connectivity index (χ4v) is 2.45. The first-order valence-corrected chi connectivity index (χ1v) is 7.87. The van der Waals surface area contributed by atoms with Gasteiger partial charge in [0.25, 0.3) is 0 Å². The molecule has 0 spiro atoms. The Bertz CT molecular complexity index is 704. The Morgan fingerprint density at radius 2 is 1.62 bits per heavy atom. The second kappa shape index (κ2) is 8.24. The summed E-state index contributed by atoms with van der Waals surface area (Å²) in [6, 6.07) is 15.6. The summed E-state index contributed by atoms with van der Waals surface area (Å²) in [6.45, 7) is 3.99. The summed E-state index contributed by atoms with van der Waals surface area (Å²) in [5, 5.41) is 0. The van der Waals surface area contributed by atoms with E-state index in [0.717, 1.165) is 5.56 Å². The molecular formula is C19H21FN2O2. The third-order valence-corrected chi connectivity index (χ3v) is 3.77. The van der Waals surface area contributed by atoms with E-state index in [1.807, 2.05) is 37.3 Å². The summed E-state index contributed by atoms with van der Waals surface area (Å²) in [4.78, 5) is 27.3. The Morgan fingerprint density at radius 1 is 1.00 bits per heavy atom. The van der Waals surface area contributed by atoms with Gasteiger partial charge in [0.1, 0.15) is 12.4 Å². The van der Waals surface area contributed by atoms with E-state index in [9.17, 15) is 14.0 Å². The Labute approximate surface area is 141 Å². The molecule has 0 heterocycles. The highest BCUT2D eigenvalue weighted by molar-refractivity contribution is 5.97. The highest BCUT2D eigenvalue weighted by Crippen LogP contribution is 2.19. The Morgan fingerprint density at radius 3 is 2.21 bits per heavy atom. The zero-order valence-corrected chi connectivity index (χ0v) is 13.9. The van der Waals surface area contributed by atoms with Gasteiger partial charge in [-0.15, -0.1) is 0 Å². The van der Waals surface area contributed by atoms with E-state index in [-0.39, 0.29) is 24.0 Å². The van der Waals surface area contributed by atoms with Crippen LogP contribution in [0.4, 0.5) is 10.1 Å².